The van der Waals surface area contributed by atoms with Crippen molar-refractivity contribution in [3.63, 3.8) is 0 Å². The fraction of sp³-hybridized carbons (Fsp3) is 0.125. The first-order valence-corrected chi connectivity index (χ1v) is 6.06. The van der Waals surface area contributed by atoms with Gasteiger partial charge in [-0.25, -0.2) is 4.39 Å². The van der Waals surface area contributed by atoms with Gasteiger partial charge in [-0.2, -0.15) is 0 Å². The number of carbonyl (C=O) groups excluding carboxylic acids is 2. The number of hydrogen-bond acceptors (Lipinski definition) is 2. The monoisotopic (exact) mass is 254 g/mol. The lowest BCUT2D eigenvalue weighted by molar-refractivity contribution is -0.109. The molecule has 3 rings (SSSR count). The summed E-state index contributed by atoms with van der Waals surface area (Å²) in [6.07, 6.45) is 0.803. The number of fused-ring (bicyclic) bond motifs is 1. The molecule has 0 heterocycles. The summed E-state index contributed by atoms with van der Waals surface area (Å²) in [5.41, 5.74) is 2.03. The van der Waals surface area contributed by atoms with E-state index in [1.54, 1.807) is 30.3 Å². The Kier molecular flexibility index (Phi) is 2.75. The molecule has 1 aliphatic rings. The molecule has 2 atom stereocenters. The normalized spacial score (nSPS) is 21.2. The van der Waals surface area contributed by atoms with Gasteiger partial charge in [0, 0.05) is 5.56 Å². The number of ketones is 1. The first-order valence-electron chi connectivity index (χ1n) is 6.06. The SMILES string of the molecule is O=CC1c2ccccc2C(=O)C1c1ccc(F)cc1. The molecule has 19 heavy (non-hydrogen) atoms. The average Bonchev–Trinajstić information content (AvgIpc) is 2.73. The van der Waals surface area contributed by atoms with Crippen LogP contribution in [0.3, 0.4) is 0 Å². The van der Waals surface area contributed by atoms with E-state index in [2.05, 4.69) is 0 Å². The molecule has 3 heteroatoms. The van der Waals surface area contributed by atoms with Crippen LogP contribution in [0.4, 0.5) is 4.39 Å². The highest BCUT2D eigenvalue weighted by atomic mass is 19.1. The number of benzene rings is 2. The van der Waals surface area contributed by atoms with E-state index in [1.165, 1.54) is 12.1 Å². The third-order valence-corrected chi connectivity index (χ3v) is 3.60. The number of aldehydes is 1. The molecule has 94 valence electrons. The topological polar surface area (TPSA) is 34.1 Å². The molecule has 0 saturated carbocycles. The summed E-state index contributed by atoms with van der Waals surface area (Å²) >= 11 is 0. The molecular formula is C16H11FO2. The Morgan fingerprint density at radius 1 is 1.00 bits per heavy atom. The zero-order valence-corrected chi connectivity index (χ0v) is 10.0. The number of rotatable bonds is 2. The van der Waals surface area contributed by atoms with Gasteiger partial charge in [0.05, 0.1) is 11.8 Å². The van der Waals surface area contributed by atoms with Gasteiger partial charge < -0.3 is 4.79 Å². The van der Waals surface area contributed by atoms with Crippen molar-refractivity contribution in [2.24, 2.45) is 0 Å². The van der Waals surface area contributed by atoms with Crippen LogP contribution in [0.2, 0.25) is 0 Å². The van der Waals surface area contributed by atoms with Crippen molar-refractivity contribution in [2.75, 3.05) is 0 Å². The van der Waals surface area contributed by atoms with E-state index in [0.29, 0.717) is 11.1 Å². The van der Waals surface area contributed by atoms with Crippen LogP contribution in [-0.2, 0) is 4.79 Å². The summed E-state index contributed by atoms with van der Waals surface area (Å²) in [7, 11) is 0. The summed E-state index contributed by atoms with van der Waals surface area (Å²) in [6, 6.07) is 12.9. The quantitative estimate of drug-likeness (QED) is 0.772. The van der Waals surface area contributed by atoms with Crippen LogP contribution in [0, 0.1) is 5.82 Å². The first-order chi connectivity index (χ1) is 9.22. The molecule has 0 radical (unpaired) electrons. The van der Waals surface area contributed by atoms with Crippen molar-refractivity contribution in [1.29, 1.82) is 0 Å². The predicted molar refractivity (Wildman–Crippen MR) is 68.7 cm³/mol. The highest BCUT2D eigenvalue weighted by Gasteiger charge is 2.40. The zero-order chi connectivity index (χ0) is 13.4. The molecule has 2 aromatic rings. The molecule has 2 nitrogen and oxygen atoms in total. The van der Waals surface area contributed by atoms with E-state index >= 15 is 0 Å². The van der Waals surface area contributed by atoms with Gasteiger partial charge in [-0.05, 0) is 23.3 Å². The van der Waals surface area contributed by atoms with Crippen molar-refractivity contribution >= 4 is 12.1 Å². The molecule has 1 aliphatic carbocycles. The summed E-state index contributed by atoms with van der Waals surface area (Å²) < 4.78 is 13.0. The van der Waals surface area contributed by atoms with Crippen molar-refractivity contribution in [3.05, 3.63) is 71.0 Å². The van der Waals surface area contributed by atoms with E-state index in [1.807, 2.05) is 6.07 Å². The largest absolute Gasteiger partial charge is 0.303 e. The lowest BCUT2D eigenvalue weighted by atomic mass is 9.87. The fourth-order valence-electron chi connectivity index (χ4n) is 2.70. The van der Waals surface area contributed by atoms with Crippen molar-refractivity contribution in [2.45, 2.75) is 11.8 Å². The molecule has 0 N–H and O–H groups in total. The molecule has 0 saturated heterocycles. The first kappa shape index (κ1) is 11.8. The molecule has 2 unspecified atom stereocenters. The van der Waals surface area contributed by atoms with Crippen molar-refractivity contribution in [3.8, 4) is 0 Å². The zero-order valence-electron chi connectivity index (χ0n) is 10.0. The van der Waals surface area contributed by atoms with E-state index < -0.39 is 11.8 Å². The maximum absolute atomic E-state index is 13.0. The van der Waals surface area contributed by atoms with Crippen LogP contribution in [0.5, 0.6) is 0 Å². The molecule has 2 aromatic carbocycles. The van der Waals surface area contributed by atoms with Crippen LogP contribution in [-0.4, -0.2) is 12.1 Å². The summed E-state index contributed by atoms with van der Waals surface area (Å²) in [5.74, 6) is -1.43. The van der Waals surface area contributed by atoms with Gasteiger partial charge in [-0.15, -0.1) is 0 Å². The number of Topliss-reactive ketones (excluding diaryl/α,β-unsaturated/α-hetero) is 1. The number of hydrogen-bond donors (Lipinski definition) is 0. The van der Waals surface area contributed by atoms with Crippen LogP contribution in [0.25, 0.3) is 0 Å². The Bertz CT molecular complexity index is 646. The molecule has 0 bridgehead atoms. The molecular weight excluding hydrogens is 243 g/mol. The van der Waals surface area contributed by atoms with Crippen LogP contribution < -0.4 is 0 Å². The molecule has 0 fully saturated rings. The predicted octanol–water partition coefficient (Wildman–Crippen LogP) is 3.09. The van der Waals surface area contributed by atoms with Crippen LogP contribution in [0.1, 0.15) is 33.3 Å². The van der Waals surface area contributed by atoms with Crippen molar-refractivity contribution < 1.29 is 14.0 Å². The van der Waals surface area contributed by atoms with E-state index in [0.717, 1.165) is 11.8 Å². The van der Waals surface area contributed by atoms with Gasteiger partial charge in [0.2, 0.25) is 0 Å². The van der Waals surface area contributed by atoms with E-state index in [9.17, 15) is 14.0 Å². The maximum Gasteiger partial charge on any atom is 0.171 e. The second-order valence-electron chi connectivity index (χ2n) is 4.64. The standard InChI is InChI=1S/C16H11FO2/c17-11-7-5-10(6-8-11)15-14(9-18)12-3-1-2-4-13(12)16(15)19/h1-9,14-15H. The van der Waals surface area contributed by atoms with Gasteiger partial charge >= 0.3 is 0 Å². The number of carbonyl (C=O) groups is 2. The highest BCUT2D eigenvalue weighted by molar-refractivity contribution is 6.09. The Balaban J connectivity index is 2.11. The summed E-state index contributed by atoms with van der Waals surface area (Å²) in [5, 5.41) is 0. The van der Waals surface area contributed by atoms with Gasteiger partial charge in [0.25, 0.3) is 0 Å². The lowest BCUT2D eigenvalue weighted by Crippen LogP contribution is -2.12. The Labute approximate surface area is 109 Å². The molecule has 0 spiro atoms. The summed E-state index contributed by atoms with van der Waals surface area (Å²) in [4.78, 5) is 23.7. The smallest absolute Gasteiger partial charge is 0.171 e. The van der Waals surface area contributed by atoms with Gasteiger partial charge in [0.1, 0.15) is 12.1 Å². The third kappa shape index (κ3) is 1.78. The molecule has 0 amide bonds. The van der Waals surface area contributed by atoms with Gasteiger partial charge in [0.15, 0.2) is 5.78 Å². The third-order valence-electron chi connectivity index (χ3n) is 3.60. The fourth-order valence-corrected chi connectivity index (χ4v) is 2.70. The van der Waals surface area contributed by atoms with Gasteiger partial charge in [-0.1, -0.05) is 36.4 Å². The Morgan fingerprint density at radius 3 is 2.37 bits per heavy atom. The average molecular weight is 254 g/mol. The second-order valence-corrected chi connectivity index (χ2v) is 4.64. The second kappa shape index (κ2) is 4.43. The minimum absolute atomic E-state index is 0.0701. The maximum atomic E-state index is 13.0. The minimum atomic E-state index is -0.532. The molecule has 0 aliphatic heterocycles. The van der Waals surface area contributed by atoms with Crippen LogP contribution >= 0.6 is 0 Å². The number of halogens is 1. The minimum Gasteiger partial charge on any atom is -0.303 e. The van der Waals surface area contributed by atoms with Crippen LogP contribution in [0.15, 0.2) is 48.5 Å². The van der Waals surface area contributed by atoms with E-state index in [4.69, 9.17) is 0 Å². The highest BCUT2D eigenvalue weighted by Crippen LogP contribution is 2.42. The van der Waals surface area contributed by atoms with E-state index in [-0.39, 0.29) is 11.6 Å². The Morgan fingerprint density at radius 2 is 1.68 bits per heavy atom. The Hall–Kier alpha value is -2.29. The molecule has 0 aromatic heterocycles. The summed E-state index contributed by atoms with van der Waals surface area (Å²) in [6.45, 7) is 0. The lowest BCUT2D eigenvalue weighted by Gasteiger charge is -2.13. The van der Waals surface area contributed by atoms with Crippen molar-refractivity contribution in [1.82, 2.24) is 0 Å². The van der Waals surface area contributed by atoms with Gasteiger partial charge in [-0.3, -0.25) is 4.79 Å².